The van der Waals surface area contributed by atoms with Gasteiger partial charge in [-0.3, -0.25) is 4.79 Å². The minimum atomic E-state index is -0.446. The number of aryl methyl sites for hydroxylation is 1. The summed E-state index contributed by atoms with van der Waals surface area (Å²) in [5.41, 5.74) is 5.52. The Kier molecular flexibility index (Phi) is 9.06. The van der Waals surface area contributed by atoms with E-state index in [0.29, 0.717) is 30.2 Å². The normalized spacial score (nSPS) is 14.8. The molecule has 2 aromatic carbocycles. The third-order valence-electron chi connectivity index (χ3n) is 7.33. The molecule has 1 fully saturated rings. The number of benzene rings is 2. The lowest BCUT2D eigenvalue weighted by Crippen LogP contribution is -2.42. The van der Waals surface area contributed by atoms with Gasteiger partial charge >= 0.3 is 0 Å². The highest BCUT2D eigenvalue weighted by Gasteiger charge is 2.23. The predicted molar refractivity (Wildman–Crippen MR) is 177 cm³/mol. The lowest BCUT2D eigenvalue weighted by molar-refractivity contribution is 0.0474. The van der Waals surface area contributed by atoms with Gasteiger partial charge in [-0.1, -0.05) is 26.0 Å². The highest BCUT2D eigenvalue weighted by atomic mass is 32.1. The van der Waals surface area contributed by atoms with E-state index in [9.17, 15) is 9.90 Å². The number of aromatic nitrogens is 5. The number of β-amino-alcohol motifs (C(OH)–C–C–N with tert-alkyl or cyclic N) is 1. The van der Waals surface area contributed by atoms with E-state index in [1.54, 1.807) is 16.5 Å². The molecule has 0 spiro atoms. The molecule has 0 bridgehead atoms. The van der Waals surface area contributed by atoms with E-state index in [-0.39, 0.29) is 12.5 Å². The highest BCUT2D eigenvalue weighted by molar-refractivity contribution is 7.22. The minimum Gasteiger partial charge on any atom is -0.497 e. The Labute approximate surface area is 268 Å². The Bertz CT molecular complexity index is 1950. The van der Waals surface area contributed by atoms with Crippen LogP contribution in [0, 0.1) is 6.92 Å². The maximum atomic E-state index is 12.9. The fourth-order valence-electron chi connectivity index (χ4n) is 5.13. The molecule has 6 aromatic rings. The fraction of sp³-hybridized carbons (Fsp3) is 0.303. The number of methoxy groups -OCH3 is 1. The molecule has 1 N–H and O–H groups in total. The molecule has 1 atom stereocenters. The molecule has 5 heterocycles. The molecule has 45 heavy (non-hydrogen) atoms. The zero-order valence-electron chi connectivity index (χ0n) is 25.6. The second-order valence-electron chi connectivity index (χ2n) is 10.5. The second kappa shape index (κ2) is 13.3. The van der Waals surface area contributed by atoms with Crippen LogP contribution in [0.5, 0.6) is 11.5 Å². The molecule has 1 saturated heterocycles. The molecule has 0 unspecified atom stereocenters. The molecule has 1 aliphatic rings. The monoisotopic (exact) mass is 642 g/mol. The molecular weight excluding hydrogens is 609 g/mol. The van der Waals surface area contributed by atoms with Crippen molar-refractivity contribution >= 4 is 44.4 Å². The first-order chi connectivity index (χ1) is 21.9. The van der Waals surface area contributed by atoms with E-state index in [1.165, 1.54) is 22.7 Å². The first-order valence-electron chi connectivity index (χ1n) is 14.9. The van der Waals surface area contributed by atoms with Gasteiger partial charge in [-0.15, -0.1) is 22.7 Å². The number of hydrogen-bond donors (Lipinski definition) is 1. The topological polar surface area (TPSA) is 115 Å². The van der Waals surface area contributed by atoms with Crippen molar-refractivity contribution in [3.05, 3.63) is 77.1 Å². The van der Waals surface area contributed by atoms with Gasteiger partial charge in [-0.05, 0) is 44.0 Å². The van der Waals surface area contributed by atoms with Crippen molar-refractivity contribution < 1.29 is 19.4 Å². The van der Waals surface area contributed by atoms with Crippen LogP contribution in [-0.2, 0) is 6.61 Å². The van der Waals surface area contributed by atoms with Crippen molar-refractivity contribution in [3.8, 4) is 32.8 Å². The van der Waals surface area contributed by atoms with E-state index in [0.717, 1.165) is 61.4 Å². The van der Waals surface area contributed by atoms with Crippen LogP contribution in [0.4, 0.5) is 0 Å². The first kappa shape index (κ1) is 30.6. The first-order valence-corrected chi connectivity index (χ1v) is 16.6. The average Bonchev–Trinajstić information content (AvgIpc) is 3.82. The maximum Gasteiger partial charge on any atom is 0.253 e. The molecule has 10 nitrogen and oxygen atoms in total. The van der Waals surface area contributed by atoms with Gasteiger partial charge in [0, 0.05) is 41.7 Å². The molecule has 1 amide bonds. The molecule has 4 aromatic heterocycles. The van der Waals surface area contributed by atoms with Gasteiger partial charge in [0.05, 0.1) is 41.0 Å². The summed E-state index contributed by atoms with van der Waals surface area (Å²) >= 11 is 3.03. The molecule has 0 aliphatic carbocycles. The smallest absolute Gasteiger partial charge is 0.253 e. The van der Waals surface area contributed by atoms with Crippen LogP contribution in [0.15, 0.2) is 60.1 Å². The summed E-state index contributed by atoms with van der Waals surface area (Å²) in [6, 6.07) is 15.1. The highest BCUT2D eigenvalue weighted by Crippen LogP contribution is 2.39. The Morgan fingerprint density at radius 2 is 1.89 bits per heavy atom. The number of rotatable bonds is 7. The maximum absolute atomic E-state index is 12.9. The minimum absolute atomic E-state index is 0.0534. The summed E-state index contributed by atoms with van der Waals surface area (Å²) in [5, 5.41) is 18.0. The number of piperidine rings is 1. The van der Waals surface area contributed by atoms with Crippen molar-refractivity contribution in [2.75, 3.05) is 20.2 Å². The lowest BCUT2D eigenvalue weighted by atomic mass is 10.1. The fourth-order valence-corrected chi connectivity index (χ4v) is 6.91. The van der Waals surface area contributed by atoms with Crippen LogP contribution >= 0.6 is 22.7 Å². The van der Waals surface area contributed by atoms with Crippen molar-refractivity contribution in [2.24, 2.45) is 0 Å². The van der Waals surface area contributed by atoms with E-state index in [4.69, 9.17) is 24.4 Å². The number of fused-ring (bicyclic) bond motifs is 2. The summed E-state index contributed by atoms with van der Waals surface area (Å²) < 4.78 is 14.5. The standard InChI is InChI=1S/C31H28N6O4S2.C2H6/c1-18-5-10-27-33-25(15-37(27)35-18)30-34-24-12-23(40-2)13-26(28(24)43-30)41-16-21-17-42-29(32-21)19-6-8-20(9-7-19)31(39)36-11-3-4-22(38)14-36;1-2/h5-10,12-13,15,17,22,38H,3-4,11,14,16H2,1-2H3;1-2H3/t22-;/m0./s1. The Hall–Kier alpha value is -4.39. The van der Waals surface area contributed by atoms with Gasteiger partial charge in [0.25, 0.3) is 5.91 Å². The Morgan fingerprint density at radius 1 is 1.07 bits per heavy atom. The number of hydrogen-bond acceptors (Lipinski definition) is 10. The summed E-state index contributed by atoms with van der Waals surface area (Å²) in [4.78, 5) is 28.9. The van der Waals surface area contributed by atoms with Crippen LogP contribution in [-0.4, -0.2) is 66.8 Å². The molecule has 232 valence electrons. The zero-order valence-corrected chi connectivity index (χ0v) is 27.2. The largest absolute Gasteiger partial charge is 0.497 e. The number of thiazole rings is 2. The van der Waals surface area contributed by atoms with E-state index in [2.05, 4.69) is 5.10 Å². The molecule has 0 radical (unpaired) electrons. The van der Waals surface area contributed by atoms with Gasteiger partial charge in [0.1, 0.15) is 33.8 Å². The molecule has 12 heteroatoms. The van der Waals surface area contributed by atoms with Gasteiger partial charge in [0.2, 0.25) is 0 Å². The molecule has 0 saturated carbocycles. The summed E-state index contributed by atoms with van der Waals surface area (Å²) in [6.45, 7) is 7.28. The number of aliphatic hydroxyl groups is 1. The van der Waals surface area contributed by atoms with E-state index < -0.39 is 6.10 Å². The number of imidazole rings is 1. The van der Waals surface area contributed by atoms with Crippen molar-refractivity contribution in [1.82, 2.24) is 29.5 Å². The number of carbonyl (C=O) groups is 1. The van der Waals surface area contributed by atoms with Crippen LogP contribution in [0.25, 0.3) is 37.1 Å². The SMILES string of the molecule is CC.COc1cc(OCc2csc(-c3ccc(C(=O)N4CCC[C@H](O)C4)cc3)n2)c2sc(-c3cn4nc(C)ccc4n3)nc2c1. The molecular formula is C33H34N6O4S2. The van der Waals surface area contributed by atoms with Gasteiger partial charge in [0.15, 0.2) is 5.65 Å². The van der Waals surface area contributed by atoms with Crippen molar-refractivity contribution in [1.29, 1.82) is 0 Å². The quantitative estimate of drug-likeness (QED) is 0.206. The lowest BCUT2D eigenvalue weighted by Gasteiger charge is -2.30. The Morgan fingerprint density at radius 3 is 2.67 bits per heavy atom. The number of likely N-dealkylation sites (tertiary alicyclic amines) is 1. The number of amides is 1. The van der Waals surface area contributed by atoms with Crippen LogP contribution in [0.2, 0.25) is 0 Å². The van der Waals surface area contributed by atoms with Crippen LogP contribution < -0.4 is 9.47 Å². The number of ether oxygens (including phenoxy) is 2. The van der Waals surface area contributed by atoms with Gasteiger partial charge < -0.3 is 19.5 Å². The molecule has 1 aliphatic heterocycles. The van der Waals surface area contributed by atoms with Crippen LogP contribution in [0.3, 0.4) is 0 Å². The molecule has 7 rings (SSSR count). The summed E-state index contributed by atoms with van der Waals surface area (Å²) in [5.74, 6) is 1.26. The van der Waals surface area contributed by atoms with Gasteiger partial charge in [-0.25, -0.2) is 19.5 Å². The van der Waals surface area contributed by atoms with Crippen molar-refractivity contribution in [2.45, 2.75) is 46.3 Å². The van der Waals surface area contributed by atoms with Gasteiger partial charge in [-0.2, -0.15) is 5.10 Å². The van der Waals surface area contributed by atoms with Crippen LogP contribution in [0.1, 0.15) is 48.4 Å². The van der Waals surface area contributed by atoms with E-state index >= 15 is 0 Å². The van der Waals surface area contributed by atoms with Crippen molar-refractivity contribution in [3.63, 3.8) is 0 Å². The second-order valence-corrected chi connectivity index (χ2v) is 12.3. The average molecular weight is 643 g/mol. The summed E-state index contributed by atoms with van der Waals surface area (Å²) in [7, 11) is 1.62. The van der Waals surface area contributed by atoms with E-state index in [1.807, 2.05) is 80.9 Å². The predicted octanol–water partition coefficient (Wildman–Crippen LogP) is 6.65. The number of carbonyl (C=O) groups excluding carboxylic acids is 1. The Balaban J connectivity index is 0.00000175. The zero-order chi connectivity index (χ0) is 31.5. The third-order valence-corrected chi connectivity index (χ3v) is 9.38. The number of nitrogens with zero attached hydrogens (tertiary/aromatic N) is 6. The summed E-state index contributed by atoms with van der Waals surface area (Å²) in [6.07, 6.45) is 3.00. The number of aliphatic hydroxyl groups excluding tert-OH is 1. The third kappa shape index (κ3) is 6.53.